The maximum Gasteiger partial charge on any atom is 0.255 e. The van der Waals surface area contributed by atoms with Gasteiger partial charge in [0.25, 0.3) is 5.90 Å². The second-order valence-electron chi connectivity index (χ2n) is 4.30. The zero-order valence-electron chi connectivity index (χ0n) is 9.92. The number of aliphatic imine (C=N–C) groups is 1. The van der Waals surface area contributed by atoms with Gasteiger partial charge in [-0.05, 0) is 25.1 Å². The number of rotatable bonds is 1. The van der Waals surface area contributed by atoms with Crippen LogP contribution in [-0.4, -0.2) is 28.5 Å². The largest absolute Gasteiger partial charge is 0.473 e. The van der Waals surface area contributed by atoms with Gasteiger partial charge in [0.2, 0.25) is 5.82 Å². The van der Waals surface area contributed by atoms with Crippen molar-refractivity contribution in [3.8, 4) is 0 Å². The molecule has 0 bridgehead atoms. The standard InChI is InChI=1S/C12H13N5O/c1-6-5-18-12(15-6)11-16-9-3-2-7(13)4-8(9)10(14)17-11/h2-4,6H,5,13H2,1H3,(H2,14,16,17). The zero-order valence-corrected chi connectivity index (χ0v) is 9.92. The van der Waals surface area contributed by atoms with Gasteiger partial charge >= 0.3 is 0 Å². The minimum Gasteiger partial charge on any atom is -0.473 e. The van der Waals surface area contributed by atoms with Gasteiger partial charge in [-0.1, -0.05) is 0 Å². The highest BCUT2D eigenvalue weighted by Gasteiger charge is 2.19. The summed E-state index contributed by atoms with van der Waals surface area (Å²) >= 11 is 0. The van der Waals surface area contributed by atoms with Crippen LogP contribution < -0.4 is 11.5 Å². The third-order valence-electron chi connectivity index (χ3n) is 2.74. The van der Waals surface area contributed by atoms with Gasteiger partial charge in [0.05, 0.1) is 11.6 Å². The van der Waals surface area contributed by atoms with Crippen molar-refractivity contribution in [2.45, 2.75) is 13.0 Å². The van der Waals surface area contributed by atoms with Gasteiger partial charge in [-0.3, -0.25) is 0 Å². The molecule has 1 aliphatic heterocycles. The predicted octanol–water partition coefficient (Wildman–Crippen LogP) is 0.960. The Hall–Kier alpha value is -2.37. The number of fused-ring (bicyclic) bond motifs is 1. The first-order valence-corrected chi connectivity index (χ1v) is 5.67. The Morgan fingerprint density at radius 1 is 1.28 bits per heavy atom. The topological polar surface area (TPSA) is 99.4 Å². The molecular weight excluding hydrogens is 230 g/mol. The van der Waals surface area contributed by atoms with E-state index in [4.69, 9.17) is 16.2 Å². The number of nitrogens with two attached hydrogens (primary N) is 2. The van der Waals surface area contributed by atoms with E-state index in [0.717, 1.165) is 10.9 Å². The van der Waals surface area contributed by atoms with Crippen LogP contribution in [0.3, 0.4) is 0 Å². The molecule has 2 aromatic rings. The van der Waals surface area contributed by atoms with Gasteiger partial charge in [0, 0.05) is 11.1 Å². The van der Waals surface area contributed by atoms with Crippen LogP contribution in [0.15, 0.2) is 23.2 Å². The Balaban J connectivity index is 2.16. The second kappa shape index (κ2) is 3.83. The summed E-state index contributed by atoms with van der Waals surface area (Å²) in [6, 6.07) is 5.48. The van der Waals surface area contributed by atoms with Crippen LogP contribution in [0.5, 0.6) is 0 Å². The summed E-state index contributed by atoms with van der Waals surface area (Å²) in [6.07, 6.45) is 0. The highest BCUT2D eigenvalue weighted by Crippen LogP contribution is 2.21. The molecule has 0 fully saturated rings. The molecule has 1 aromatic carbocycles. The SMILES string of the molecule is CC1COC(c2nc(N)c3cc(N)ccc3n2)=N1. The van der Waals surface area contributed by atoms with Crippen LogP contribution in [-0.2, 0) is 4.74 Å². The fourth-order valence-corrected chi connectivity index (χ4v) is 1.86. The van der Waals surface area contributed by atoms with E-state index in [1.165, 1.54) is 0 Å². The first-order chi connectivity index (χ1) is 8.63. The van der Waals surface area contributed by atoms with E-state index in [0.29, 0.717) is 29.8 Å². The van der Waals surface area contributed by atoms with E-state index in [-0.39, 0.29) is 6.04 Å². The van der Waals surface area contributed by atoms with E-state index < -0.39 is 0 Å². The summed E-state index contributed by atoms with van der Waals surface area (Å²) < 4.78 is 5.42. The fourth-order valence-electron chi connectivity index (χ4n) is 1.86. The number of nitrogens with zero attached hydrogens (tertiary/aromatic N) is 3. The van der Waals surface area contributed by atoms with Crippen molar-refractivity contribution in [1.29, 1.82) is 0 Å². The van der Waals surface area contributed by atoms with Crippen LogP contribution in [0.4, 0.5) is 11.5 Å². The molecule has 0 saturated heterocycles. The Bertz CT molecular complexity index is 652. The van der Waals surface area contributed by atoms with Crippen molar-refractivity contribution in [3.63, 3.8) is 0 Å². The molecule has 0 amide bonds. The van der Waals surface area contributed by atoms with Crippen molar-refractivity contribution in [2.24, 2.45) is 4.99 Å². The van der Waals surface area contributed by atoms with Crippen LogP contribution in [0, 0.1) is 0 Å². The fraction of sp³-hybridized carbons (Fsp3) is 0.250. The molecule has 1 unspecified atom stereocenters. The Morgan fingerprint density at radius 2 is 2.11 bits per heavy atom. The average molecular weight is 243 g/mol. The van der Waals surface area contributed by atoms with Crippen molar-refractivity contribution in [3.05, 3.63) is 24.0 Å². The molecule has 6 heteroatoms. The number of benzene rings is 1. The lowest BCUT2D eigenvalue weighted by Gasteiger charge is -2.05. The maximum atomic E-state index is 5.91. The lowest BCUT2D eigenvalue weighted by molar-refractivity contribution is 0.322. The monoisotopic (exact) mass is 243 g/mol. The third-order valence-corrected chi connectivity index (χ3v) is 2.74. The molecular formula is C12H13N5O. The summed E-state index contributed by atoms with van der Waals surface area (Å²) in [5, 5.41) is 0.741. The minimum absolute atomic E-state index is 0.131. The molecule has 3 rings (SSSR count). The summed E-state index contributed by atoms with van der Waals surface area (Å²) in [5.41, 5.74) is 13.0. The molecule has 0 spiro atoms. The molecule has 18 heavy (non-hydrogen) atoms. The van der Waals surface area contributed by atoms with Gasteiger partial charge in [-0.25, -0.2) is 15.0 Å². The quantitative estimate of drug-likeness (QED) is 0.727. The van der Waals surface area contributed by atoms with Crippen LogP contribution in [0.25, 0.3) is 10.9 Å². The number of hydrogen-bond donors (Lipinski definition) is 2. The first kappa shape index (κ1) is 10.8. The van der Waals surface area contributed by atoms with Gasteiger partial charge in [0.15, 0.2) is 0 Å². The number of ether oxygens (including phenoxy) is 1. The summed E-state index contributed by atoms with van der Waals surface area (Å²) in [6.45, 7) is 2.52. The molecule has 0 radical (unpaired) electrons. The molecule has 1 aliphatic rings. The van der Waals surface area contributed by atoms with E-state index in [9.17, 15) is 0 Å². The van der Waals surface area contributed by atoms with E-state index in [1.54, 1.807) is 12.1 Å². The molecule has 92 valence electrons. The molecule has 6 nitrogen and oxygen atoms in total. The van der Waals surface area contributed by atoms with Crippen molar-refractivity contribution in [2.75, 3.05) is 18.1 Å². The highest BCUT2D eigenvalue weighted by molar-refractivity contribution is 5.97. The lowest BCUT2D eigenvalue weighted by Crippen LogP contribution is -2.09. The van der Waals surface area contributed by atoms with E-state index in [1.807, 2.05) is 13.0 Å². The van der Waals surface area contributed by atoms with E-state index in [2.05, 4.69) is 15.0 Å². The molecule has 2 heterocycles. The van der Waals surface area contributed by atoms with Crippen molar-refractivity contribution in [1.82, 2.24) is 9.97 Å². The van der Waals surface area contributed by atoms with Crippen molar-refractivity contribution >= 4 is 28.3 Å². The van der Waals surface area contributed by atoms with Gasteiger partial charge < -0.3 is 16.2 Å². The van der Waals surface area contributed by atoms with Crippen LogP contribution in [0.2, 0.25) is 0 Å². The van der Waals surface area contributed by atoms with Crippen LogP contribution >= 0.6 is 0 Å². The van der Waals surface area contributed by atoms with Crippen molar-refractivity contribution < 1.29 is 4.74 Å². The Labute approximate surface area is 104 Å². The summed E-state index contributed by atoms with van der Waals surface area (Å²) in [4.78, 5) is 12.9. The molecule has 0 saturated carbocycles. The highest BCUT2D eigenvalue weighted by atomic mass is 16.5. The Kier molecular flexibility index (Phi) is 2.29. The zero-order chi connectivity index (χ0) is 12.7. The van der Waals surface area contributed by atoms with E-state index >= 15 is 0 Å². The summed E-state index contributed by atoms with van der Waals surface area (Å²) in [5.74, 6) is 1.26. The summed E-state index contributed by atoms with van der Waals surface area (Å²) in [7, 11) is 0. The molecule has 4 N–H and O–H groups in total. The number of aromatic nitrogens is 2. The second-order valence-corrected chi connectivity index (χ2v) is 4.30. The number of nitrogen functional groups attached to an aromatic ring is 2. The smallest absolute Gasteiger partial charge is 0.255 e. The molecule has 1 aromatic heterocycles. The third kappa shape index (κ3) is 1.71. The maximum absolute atomic E-state index is 5.91. The average Bonchev–Trinajstić information content (AvgIpc) is 2.77. The van der Waals surface area contributed by atoms with Gasteiger partial charge in [0.1, 0.15) is 12.4 Å². The van der Waals surface area contributed by atoms with Crippen LogP contribution in [0.1, 0.15) is 12.7 Å². The first-order valence-electron chi connectivity index (χ1n) is 5.67. The van der Waals surface area contributed by atoms with Gasteiger partial charge in [-0.15, -0.1) is 0 Å². The minimum atomic E-state index is 0.131. The number of anilines is 2. The number of hydrogen-bond acceptors (Lipinski definition) is 6. The van der Waals surface area contributed by atoms with Gasteiger partial charge in [-0.2, -0.15) is 0 Å². The molecule has 1 atom stereocenters. The predicted molar refractivity (Wildman–Crippen MR) is 70.3 cm³/mol. The lowest BCUT2D eigenvalue weighted by atomic mass is 10.2. The molecule has 0 aliphatic carbocycles. The normalized spacial score (nSPS) is 18.7. The Morgan fingerprint density at radius 3 is 2.83 bits per heavy atom.